The van der Waals surface area contributed by atoms with Crippen LogP contribution in [0.4, 0.5) is 0 Å². The topological polar surface area (TPSA) is 57.5 Å². The Labute approximate surface area is 166 Å². The Kier molecular flexibility index (Phi) is 8.69. The van der Waals surface area contributed by atoms with Crippen molar-refractivity contribution >= 4 is 83.0 Å². The van der Waals surface area contributed by atoms with Gasteiger partial charge >= 0.3 is 5.97 Å². The van der Waals surface area contributed by atoms with Crippen molar-refractivity contribution in [2.45, 2.75) is 6.61 Å². The molecule has 0 heterocycles. The van der Waals surface area contributed by atoms with Crippen LogP contribution < -0.4 is 0 Å². The van der Waals surface area contributed by atoms with Crippen LogP contribution in [-0.4, -0.2) is 16.2 Å². The van der Waals surface area contributed by atoms with E-state index in [2.05, 4.69) is 77.0 Å². The summed E-state index contributed by atoms with van der Waals surface area (Å²) >= 11 is 10.8. The Hall–Kier alpha value is 0.290. The van der Waals surface area contributed by atoms with Crippen LogP contribution in [-0.2, 0) is 6.61 Å². The molecule has 0 saturated carbocycles. The summed E-state index contributed by atoms with van der Waals surface area (Å²) in [4.78, 5) is 10.5. The van der Waals surface area contributed by atoms with Crippen molar-refractivity contribution in [3.05, 3.63) is 63.6 Å². The fourth-order valence-electron chi connectivity index (χ4n) is 1.38. The number of carboxylic acid groups (broad SMARTS) is 1. The van der Waals surface area contributed by atoms with Gasteiger partial charge in [0.2, 0.25) is 0 Å². The highest BCUT2D eigenvalue weighted by atomic mass is 127. The maximum atomic E-state index is 10.5. The minimum Gasteiger partial charge on any atom is -0.478 e. The van der Waals surface area contributed by atoms with E-state index >= 15 is 0 Å². The summed E-state index contributed by atoms with van der Waals surface area (Å²) in [6.07, 6.45) is 0. The molecule has 0 bridgehead atoms. The van der Waals surface area contributed by atoms with Crippen LogP contribution in [0.5, 0.6) is 0 Å². The molecule has 0 aliphatic carbocycles. The fraction of sp³-hybridized carbons (Fsp3) is 0.0714. The Morgan fingerprint density at radius 1 is 0.952 bits per heavy atom. The van der Waals surface area contributed by atoms with E-state index in [1.807, 2.05) is 24.3 Å². The molecule has 0 amide bonds. The molecule has 2 rings (SSSR count). The van der Waals surface area contributed by atoms with Crippen molar-refractivity contribution in [1.82, 2.24) is 0 Å². The standard InChI is InChI=1S/C7H4BrIO2.C7H6BrIO/c8-5-1-4(7(10)11)2-6(9)3-5;8-6-1-5(4-10)2-7(9)3-6/h1-3H,(H,10,11);1-3,10H,4H2. The van der Waals surface area contributed by atoms with Gasteiger partial charge in [0.1, 0.15) is 0 Å². The minimum absolute atomic E-state index is 0.107. The van der Waals surface area contributed by atoms with Crippen LogP contribution in [0.2, 0.25) is 0 Å². The van der Waals surface area contributed by atoms with Crippen molar-refractivity contribution in [2.75, 3.05) is 0 Å². The number of hydrogen-bond donors (Lipinski definition) is 2. The molecule has 0 aromatic heterocycles. The summed E-state index contributed by atoms with van der Waals surface area (Å²) in [7, 11) is 0. The number of rotatable bonds is 2. The van der Waals surface area contributed by atoms with E-state index < -0.39 is 5.97 Å². The quantitative estimate of drug-likeness (QED) is 0.439. The Morgan fingerprint density at radius 3 is 1.90 bits per heavy atom. The number of carbonyl (C=O) groups is 1. The minimum atomic E-state index is -0.899. The molecule has 0 aliphatic rings. The van der Waals surface area contributed by atoms with Gasteiger partial charge in [0.15, 0.2) is 0 Å². The number of aromatic carboxylic acids is 1. The summed E-state index contributed by atoms with van der Waals surface area (Å²) in [5.74, 6) is -0.899. The molecule has 0 atom stereocenters. The third kappa shape index (κ3) is 7.40. The highest BCUT2D eigenvalue weighted by Gasteiger charge is 2.03. The van der Waals surface area contributed by atoms with E-state index in [1.54, 1.807) is 12.1 Å². The zero-order valence-electron chi connectivity index (χ0n) is 10.5. The number of benzene rings is 2. The number of aliphatic hydroxyl groups excluding tert-OH is 1. The number of aliphatic hydroxyl groups is 1. The molecule has 0 spiro atoms. The second-order valence-corrected chi connectivity index (χ2v) is 8.22. The van der Waals surface area contributed by atoms with Crippen molar-refractivity contribution in [3.8, 4) is 0 Å². The van der Waals surface area contributed by atoms with Crippen LogP contribution in [0.15, 0.2) is 45.3 Å². The lowest BCUT2D eigenvalue weighted by Crippen LogP contribution is -1.96. The van der Waals surface area contributed by atoms with Gasteiger partial charge in [0.05, 0.1) is 12.2 Å². The average molecular weight is 640 g/mol. The molecule has 2 aromatic rings. The zero-order valence-corrected chi connectivity index (χ0v) is 18.0. The van der Waals surface area contributed by atoms with E-state index in [0.29, 0.717) is 5.56 Å². The first kappa shape index (κ1) is 19.3. The largest absolute Gasteiger partial charge is 0.478 e. The lowest BCUT2D eigenvalue weighted by molar-refractivity contribution is 0.0696. The second kappa shape index (κ2) is 9.43. The first-order valence-corrected chi connectivity index (χ1v) is 9.31. The summed E-state index contributed by atoms with van der Waals surface area (Å²) in [5, 5.41) is 17.4. The molecule has 0 aliphatic heterocycles. The molecule has 0 saturated heterocycles. The molecule has 0 radical (unpaired) electrons. The highest BCUT2D eigenvalue weighted by molar-refractivity contribution is 14.1. The van der Waals surface area contributed by atoms with Gasteiger partial charge in [-0.3, -0.25) is 0 Å². The van der Waals surface area contributed by atoms with E-state index in [0.717, 1.165) is 21.6 Å². The molecule has 112 valence electrons. The molecule has 0 unspecified atom stereocenters. The number of hydrogen-bond acceptors (Lipinski definition) is 2. The van der Waals surface area contributed by atoms with Crippen LogP contribution in [0.1, 0.15) is 15.9 Å². The summed E-state index contributed by atoms with van der Waals surface area (Å²) in [6.45, 7) is 0.107. The van der Waals surface area contributed by atoms with Crippen LogP contribution >= 0.6 is 77.0 Å². The summed E-state index contributed by atoms with van der Waals surface area (Å²) in [5.41, 5.74) is 1.25. The molecule has 21 heavy (non-hydrogen) atoms. The third-order valence-corrected chi connectivity index (χ3v) is 4.38. The van der Waals surface area contributed by atoms with E-state index in [1.165, 1.54) is 0 Å². The normalized spacial score (nSPS) is 9.76. The lowest BCUT2D eigenvalue weighted by atomic mass is 10.2. The van der Waals surface area contributed by atoms with Gasteiger partial charge in [0, 0.05) is 16.1 Å². The Bertz CT molecular complexity index is 608. The predicted molar refractivity (Wildman–Crippen MR) is 107 cm³/mol. The van der Waals surface area contributed by atoms with Crippen molar-refractivity contribution < 1.29 is 15.0 Å². The average Bonchev–Trinajstić information content (AvgIpc) is 2.37. The van der Waals surface area contributed by atoms with Gasteiger partial charge < -0.3 is 10.2 Å². The number of halogens is 4. The summed E-state index contributed by atoms with van der Waals surface area (Å²) in [6, 6.07) is 10.9. The van der Waals surface area contributed by atoms with Crippen LogP contribution in [0.25, 0.3) is 0 Å². The van der Waals surface area contributed by atoms with Gasteiger partial charge in [-0.2, -0.15) is 0 Å². The molecule has 0 fully saturated rings. The molecular weight excluding hydrogens is 630 g/mol. The maximum absolute atomic E-state index is 10.5. The molecule has 2 N–H and O–H groups in total. The van der Waals surface area contributed by atoms with Gasteiger partial charge in [-0.15, -0.1) is 0 Å². The molecule has 7 heteroatoms. The molecule has 2 aromatic carbocycles. The van der Waals surface area contributed by atoms with Crippen molar-refractivity contribution in [2.24, 2.45) is 0 Å². The second-order valence-electron chi connectivity index (χ2n) is 3.90. The Morgan fingerprint density at radius 2 is 1.48 bits per heavy atom. The van der Waals surface area contributed by atoms with Gasteiger partial charge in [-0.25, -0.2) is 4.79 Å². The van der Waals surface area contributed by atoms with E-state index in [9.17, 15) is 4.79 Å². The third-order valence-electron chi connectivity index (χ3n) is 2.21. The number of carboxylic acids is 1. The first-order chi connectivity index (χ1) is 9.81. The van der Waals surface area contributed by atoms with Gasteiger partial charge in [0.25, 0.3) is 0 Å². The summed E-state index contributed by atoms with van der Waals surface area (Å²) < 4.78 is 3.86. The molecular formula is C14H10Br2I2O3. The van der Waals surface area contributed by atoms with Crippen molar-refractivity contribution in [1.29, 1.82) is 0 Å². The predicted octanol–water partition coefficient (Wildman–Crippen LogP) is 5.30. The highest BCUT2D eigenvalue weighted by Crippen LogP contribution is 2.17. The zero-order chi connectivity index (χ0) is 16.0. The van der Waals surface area contributed by atoms with Crippen molar-refractivity contribution in [3.63, 3.8) is 0 Å². The smallest absolute Gasteiger partial charge is 0.335 e. The van der Waals surface area contributed by atoms with Crippen LogP contribution in [0.3, 0.4) is 0 Å². The SMILES string of the molecule is O=C(O)c1cc(Br)cc(I)c1.OCc1cc(Br)cc(I)c1. The fourth-order valence-corrected chi connectivity index (χ4v) is 4.68. The van der Waals surface area contributed by atoms with Gasteiger partial charge in [-0.1, -0.05) is 31.9 Å². The molecule has 3 nitrogen and oxygen atoms in total. The van der Waals surface area contributed by atoms with Crippen LogP contribution in [0, 0.1) is 7.14 Å². The maximum Gasteiger partial charge on any atom is 0.335 e. The van der Waals surface area contributed by atoms with E-state index in [-0.39, 0.29) is 6.61 Å². The lowest BCUT2D eigenvalue weighted by Gasteiger charge is -1.97. The van der Waals surface area contributed by atoms with Gasteiger partial charge in [-0.05, 0) is 87.1 Å². The Balaban J connectivity index is 0.000000211. The monoisotopic (exact) mass is 638 g/mol. The van der Waals surface area contributed by atoms with E-state index in [4.69, 9.17) is 10.2 Å². The first-order valence-electron chi connectivity index (χ1n) is 5.57.